The molecule has 2 rings (SSSR count). The number of amides is 1. The van der Waals surface area contributed by atoms with E-state index in [1.165, 1.54) is 0 Å². The molecule has 0 fully saturated rings. The highest BCUT2D eigenvalue weighted by atomic mass is 32.2. The number of benzene rings is 1. The first-order valence-electron chi connectivity index (χ1n) is 5.78. The van der Waals surface area contributed by atoms with Gasteiger partial charge in [-0.25, -0.2) is 4.98 Å². The van der Waals surface area contributed by atoms with E-state index in [0.29, 0.717) is 12.1 Å². The zero-order valence-electron chi connectivity index (χ0n) is 10.8. The highest BCUT2D eigenvalue weighted by Crippen LogP contribution is 2.20. The molecule has 0 saturated carbocycles. The number of carbonyl (C=O) groups excluding carboxylic acids is 1. The highest BCUT2D eigenvalue weighted by Gasteiger charge is 2.17. The number of fused-ring (bicyclic) bond motifs is 1. The van der Waals surface area contributed by atoms with Crippen LogP contribution in [0.25, 0.3) is 11.0 Å². The molecule has 4 nitrogen and oxygen atoms in total. The number of nitrogens with one attached hydrogen (secondary N) is 2. The van der Waals surface area contributed by atoms with E-state index in [0.717, 1.165) is 11.0 Å². The van der Waals surface area contributed by atoms with Crippen molar-refractivity contribution in [2.45, 2.75) is 18.6 Å². The summed E-state index contributed by atoms with van der Waals surface area (Å²) >= 11 is 1.74. The van der Waals surface area contributed by atoms with Crippen molar-refractivity contribution in [1.82, 2.24) is 15.3 Å². The molecular formula is C13H17N3OS. The molecule has 0 saturated heterocycles. The minimum absolute atomic E-state index is 0.0476. The van der Waals surface area contributed by atoms with E-state index < -0.39 is 0 Å². The fourth-order valence-corrected chi connectivity index (χ4v) is 1.76. The van der Waals surface area contributed by atoms with Gasteiger partial charge in [-0.05, 0) is 38.3 Å². The SMILES string of the molecule is CSC(C)(C)CNC(=O)c1ccc2nc[nH]c2c1. The van der Waals surface area contributed by atoms with Crippen LogP contribution in [0, 0.1) is 0 Å². The third-order valence-corrected chi connectivity index (χ3v) is 4.16. The quantitative estimate of drug-likeness (QED) is 0.890. The minimum atomic E-state index is -0.0476. The summed E-state index contributed by atoms with van der Waals surface area (Å²) in [6, 6.07) is 5.47. The average Bonchev–Trinajstić information content (AvgIpc) is 2.83. The van der Waals surface area contributed by atoms with Crippen LogP contribution < -0.4 is 5.32 Å². The maximum absolute atomic E-state index is 12.0. The number of H-pyrrole nitrogens is 1. The van der Waals surface area contributed by atoms with Crippen LogP contribution in [-0.4, -0.2) is 33.4 Å². The number of hydrogen-bond donors (Lipinski definition) is 2. The van der Waals surface area contributed by atoms with Crippen LogP contribution in [0.4, 0.5) is 0 Å². The third-order valence-electron chi connectivity index (χ3n) is 2.91. The van der Waals surface area contributed by atoms with Gasteiger partial charge in [-0.1, -0.05) is 0 Å². The Morgan fingerprint density at radius 3 is 3.00 bits per heavy atom. The molecule has 0 radical (unpaired) electrons. The van der Waals surface area contributed by atoms with E-state index in [4.69, 9.17) is 0 Å². The fourth-order valence-electron chi connectivity index (χ4n) is 1.54. The number of hydrogen-bond acceptors (Lipinski definition) is 3. The first-order chi connectivity index (χ1) is 8.52. The second kappa shape index (κ2) is 5.02. The summed E-state index contributed by atoms with van der Waals surface area (Å²) < 4.78 is 0.0494. The van der Waals surface area contributed by atoms with Crippen LogP contribution in [0.15, 0.2) is 24.5 Å². The monoisotopic (exact) mass is 263 g/mol. The third kappa shape index (κ3) is 2.85. The first-order valence-corrected chi connectivity index (χ1v) is 7.01. The molecular weight excluding hydrogens is 246 g/mol. The number of aromatic nitrogens is 2. The van der Waals surface area contributed by atoms with Crippen LogP contribution >= 0.6 is 11.8 Å². The van der Waals surface area contributed by atoms with E-state index in [2.05, 4.69) is 29.1 Å². The highest BCUT2D eigenvalue weighted by molar-refractivity contribution is 7.99. The first kappa shape index (κ1) is 13.0. The number of thioether (sulfide) groups is 1. The topological polar surface area (TPSA) is 57.8 Å². The Bertz CT molecular complexity index is 562. The van der Waals surface area contributed by atoms with E-state index in [-0.39, 0.29) is 10.7 Å². The number of carbonyl (C=O) groups is 1. The van der Waals surface area contributed by atoms with Crippen molar-refractivity contribution in [2.75, 3.05) is 12.8 Å². The van der Waals surface area contributed by atoms with Gasteiger partial charge >= 0.3 is 0 Å². The van der Waals surface area contributed by atoms with Gasteiger partial charge in [0.15, 0.2) is 0 Å². The molecule has 18 heavy (non-hydrogen) atoms. The van der Waals surface area contributed by atoms with Gasteiger partial charge in [-0.2, -0.15) is 11.8 Å². The number of rotatable bonds is 4. The molecule has 0 aliphatic heterocycles. The molecule has 2 aromatic rings. The lowest BCUT2D eigenvalue weighted by Crippen LogP contribution is -2.36. The summed E-state index contributed by atoms with van der Waals surface area (Å²) in [5.74, 6) is -0.0476. The Labute approximate surface area is 111 Å². The Hall–Kier alpha value is -1.49. The van der Waals surface area contributed by atoms with Crippen LogP contribution in [0.3, 0.4) is 0 Å². The molecule has 0 unspecified atom stereocenters. The Morgan fingerprint density at radius 1 is 1.50 bits per heavy atom. The average molecular weight is 263 g/mol. The van der Waals surface area contributed by atoms with Gasteiger partial charge in [0, 0.05) is 16.9 Å². The van der Waals surface area contributed by atoms with Gasteiger partial charge in [0.1, 0.15) is 0 Å². The standard InChI is InChI=1S/C13H17N3OS/c1-13(2,18-3)7-14-12(17)9-4-5-10-11(6-9)16-8-15-10/h4-6,8H,7H2,1-3H3,(H,14,17)(H,15,16). The lowest BCUT2D eigenvalue weighted by Gasteiger charge is -2.22. The number of aromatic amines is 1. The molecule has 96 valence electrons. The molecule has 0 bridgehead atoms. The van der Waals surface area contributed by atoms with E-state index in [1.807, 2.05) is 18.4 Å². The van der Waals surface area contributed by atoms with Gasteiger partial charge in [-0.15, -0.1) is 0 Å². The molecule has 0 aliphatic rings. The number of nitrogens with zero attached hydrogens (tertiary/aromatic N) is 1. The van der Waals surface area contributed by atoms with Crippen molar-refractivity contribution in [3.05, 3.63) is 30.1 Å². The minimum Gasteiger partial charge on any atom is -0.351 e. The van der Waals surface area contributed by atoms with E-state index in [1.54, 1.807) is 24.2 Å². The van der Waals surface area contributed by atoms with Gasteiger partial charge < -0.3 is 10.3 Å². The van der Waals surface area contributed by atoms with Crippen LogP contribution in [0.1, 0.15) is 24.2 Å². The second-order valence-electron chi connectivity index (χ2n) is 4.78. The predicted octanol–water partition coefficient (Wildman–Crippen LogP) is 2.43. The molecule has 1 amide bonds. The van der Waals surface area contributed by atoms with Crippen LogP contribution in [-0.2, 0) is 0 Å². The summed E-state index contributed by atoms with van der Waals surface area (Å²) in [7, 11) is 0. The lowest BCUT2D eigenvalue weighted by molar-refractivity contribution is 0.0951. The molecule has 1 aromatic heterocycles. The molecule has 1 heterocycles. The summed E-state index contributed by atoms with van der Waals surface area (Å²) in [6.45, 7) is 4.86. The molecule has 5 heteroatoms. The smallest absolute Gasteiger partial charge is 0.251 e. The molecule has 1 aromatic carbocycles. The van der Waals surface area contributed by atoms with E-state index >= 15 is 0 Å². The Kier molecular flexibility index (Phi) is 3.61. The van der Waals surface area contributed by atoms with Crippen molar-refractivity contribution < 1.29 is 4.79 Å². The maximum atomic E-state index is 12.0. The van der Waals surface area contributed by atoms with Crippen molar-refractivity contribution in [2.24, 2.45) is 0 Å². The fraction of sp³-hybridized carbons (Fsp3) is 0.385. The summed E-state index contributed by atoms with van der Waals surface area (Å²) in [5, 5.41) is 2.95. The van der Waals surface area contributed by atoms with Gasteiger partial charge in [0.2, 0.25) is 0 Å². The van der Waals surface area contributed by atoms with Crippen molar-refractivity contribution in [3.8, 4) is 0 Å². The van der Waals surface area contributed by atoms with Crippen molar-refractivity contribution in [3.63, 3.8) is 0 Å². The second-order valence-corrected chi connectivity index (χ2v) is 6.29. The molecule has 2 N–H and O–H groups in total. The largest absolute Gasteiger partial charge is 0.351 e. The summed E-state index contributed by atoms with van der Waals surface area (Å²) in [5.41, 5.74) is 2.41. The molecule has 0 aliphatic carbocycles. The lowest BCUT2D eigenvalue weighted by atomic mass is 10.1. The number of imidazole rings is 1. The summed E-state index contributed by atoms with van der Waals surface area (Å²) in [6.07, 6.45) is 3.67. The summed E-state index contributed by atoms with van der Waals surface area (Å²) in [4.78, 5) is 19.1. The van der Waals surface area contributed by atoms with Crippen molar-refractivity contribution in [1.29, 1.82) is 0 Å². The Morgan fingerprint density at radius 2 is 2.28 bits per heavy atom. The van der Waals surface area contributed by atoms with Gasteiger partial charge in [0.05, 0.1) is 17.4 Å². The van der Waals surface area contributed by atoms with E-state index in [9.17, 15) is 4.79 Å². The predicted molar refractivity (Wildman–Crippen MR) is 76.0 cm³/mol. The van der Waals surface area contributed by atoms with Gasteiger partial charge in [0.25, 0.3) is 5.91 Å². The van der Waals surface area contributed by atoms with Gasteiger partial charge in [-0.3, -0.25) is 4.79 Å². The van der Waals surface area contributed by atoms with Crippen molar-refractivity contribution >= 4 is 28.7 Å². The molecule has 0 spiro atoms. The Balaban J connectivity index is 2.08. The van der Waals surface area contributed by atoms with Crippen LogP contribution in [0.5, 0.6) is 0 Å². The zero-order valence-corrected chi connectivity index (χ0v) is 11.6. The van der Waals surface area contributed by atoms with Crippen LogP contribution in [0.2, 0.25) is 0 Å². The molecule has 0 atom stereocenters. The zero-order chi connectivity index (χ0) is 13.2. The maximum Gasteiger partial charge on any atom is 0.251 e. The normalized spacial score (nSPS) is 11.7.